The van der Waals surface area contributed by atoms with Crippen LogP contribution in [-0.2, 0) is 4.74 Å². The van der Waals surface area contributed by atoms with E-state index >= 15 is 0 Å². The van der Waals surface area contributed by atoms with Crippen LogP contribution < -0.4 is 20.6 Å². The van der Waals surface area contributed by atoms with Gasteiger partial charge in [0.05, 0.1) is 40.9 Å². The fraction of sp³-hybridized carbons (Fsp3) is 0.577. The summed E-state index contributed by atoms with van der Waals surface area (Å²) >= 11 is 0. The molecule has 0 spiro atoms. The Labute approximate surface area is 190 Å². The Morgan fingerprint density at radius 1 is 1.09 bits per heavy atom. The first-order valence-corrected chi connectivity index (χ1v) is 12.1. The van der Waals surface area contributed by atoms with Gasteiger partial charge in [0.2, 0.25) is 0 Å². The lowest BCUT2D eigenvalue weighted by atomic mass is 9.53. The molecule has 1 aromatic carbocycles. The molecule has 1 heterocycles. The van der Waals surface area contributed by atoms with Crippen LogP contribution in [0.3, 0.4) is 0 Å². The molecule has 0 radical (unpaired) electrons. The Morgan fingerprint density at radius 2 is 1.78 bits per heavy atom. The van der Waals surface area contributed by atoms with Gasteiger partial charge in [0.1, 0.15) is 0 Å². The van der Waals surface area contributed by atoms with E-state index in [-0.39, 0.29) is 23.7 Å². The maximum Gasteiger partial charge on any atom is 0.338 e. The van der Waals surface area contributed by atoms with Gasteiger partial charge in [0.15, 0.2) is 6.21 Å². The minimum atomic E-state index is -0.285. The number of anilines is 2. The van der Waals surface area contributed by atoms with Crippen LogP contribution in [0.2, 0.25) is 0 Å². The number of benzene rings is 1. The second kappa shape index (κ2) is 8.32. The Morgan fingerprint density at radius 3 is 2.38 bits per heavy atom. The van der Waals surface area contributed by atoms with Crippen molar-refractivity contribution >= 4 is 29.9 Å². The summed E-state index contributed by atoms with van der Waals surface area (Å²) in [6, 6.07) is 5.92. The van der Waals surface area contributed by atoms with Gasteiger partial charge >= 0.3 is 12.3 Å². The van der Waals surface area contributed by atoms with Gasteiger partial charge in [-0.1, -0.05) is 0 Å². The number of nitrogens with zero attached hydrogens (tertiary/aromatic N) is 1. The third-order valence-corrected chi connectivity index (χ3v) is 7.53. The SMILES string of the molecule is CC(C)OC(=O)c1ccc(NC23CC4CC(CC(C4)C2)C3)c(NC(C)C2=CNC=[N+]=C2)c1. The summed E-state index contributed by atoms with van der Waals surface area (Å²) in [5.74, 6) is 2.33. The van der Waals surface area contributed by atoms with Gasteiger partial charge in [-0.2, -0.15) is 0 Å². The number of hydrogen-bond acceptors (Lipinski definition) is 5. The van der Waals surface area contributed by atoms with Gasteiger partial charge in [-0.15, -0.1) is 0 Å². The molecule has 32 heavy (non-hydrogen) atoms. The van der Waals surface area contributed by atoms with Crippen LogP contribution in [-0.4, -0.2) is 36.2 Å². The Hall–Kier alpha value is -2.72. The molecule has 0 saturated heterocycles. The minimum absolute atomic E-state index is 0.0354. The molecule has 170 valence electrons. The molecule has 1 aromatic rings. The predicted molar refractivity (Wildman–Crippen MR) is 130 cm³/mol. The lowest BCUT2D eigenvalue weighted by molar-refractivity contribution is 0.0107. The molecule has 0 amide bonds. The van der Waals surface area contributed by atoms with Crippen LogP contribution in [0.25, 0.3) is 0 Å². The number of hydrogen-bond donors (Lipinski definition) is 3. The number of carbonyl (C=O) groups excluding carboxylic acids is 1. The molecule has 4 aliphatic carbocycles. The van der Waals surface area contributed by atoms with Crippen molar-refractivity contribution in [3.63, 3.8) is 0 Å². The molecule has 4 bridgehead atoms. The van der Waals surface area contributed by atoms with Crippen LogP contribution in [0.4, 0.5) is 11.4 Å². The Kier molecular flexibility index (Phi) is 5.50. The molecule has 1 aliphatic heterocycles. The van der Waals surface area contributed by atoms with Crippen LogP contribution in [0.1, 0.15) is 69.7 Å². The normalized spacial score (nSPS) is 30.6. The highest BCUT2D eigenvalue weighted by Crippen LogP contribution is 2.57. The number of nitrogens with one attached hydrogen (secondary N) is 3. The monoisotopic (exact) mass is 435 g/mol. The first kappa shape index (κ1) is 21.1. The zero-order valence-corrected chi connectivity index (χ0v) is 19.4. The zero-order chi connectivity index (χ0) is 22.3. The first-order valence-electron chi connectivity index (χ1n) is 12.1. The van der Waals surface area contributed by atoms with Crippen molar-refractivity contribution in [1.82, 2.24) is 9.98 Å². The van der Waals surface area contributed by atoms with Crippen molar-refractivity contribution in [2.45, 2.75) is 77.0 Å². The van der Waals surface area contributed by atoms with Gasteiger partial charge in [-0.25, -0.2) is 14.8 Å². The highest BCUT2D eigenvalue weighted by molar-refractivity contribution is 5.93. The van der Waals surface area contributed by atoms with E-state index in [0.717, 1.165) is 34.7 Å². The summed E-state index contributed by atoms with van der Waals surface area (Å²) in [6.45, 7) is 5.86. The molecular formula is C26H35N4O2+. The highest BCUT2D eigenvalue weighted by Gasteiger charge is 2.51. The van der Waals surface area contributed by atoms with E-state index in [2.05, 4.69) is 33.6 Å². The molecule has 6 rings (SSSR count). The summed E-state index contributed by atoms with van der Waals surface area (Å²) < 4.78 is 9.66. The van der Waals surface area contributed by atoms with Gasteiger partial charge in [-0.05, 0) is 95.2 Å². The number of ether oxygens (including phenoxy) is 1. The predicted octanol–water partition coefficient (Wildman–Crippen LogP) is 4.09. The van der Waals surface area contributed by atoms with Crippen molar-refractivity contribution in [1.29, 1.82) is 0 Å². The first-order chi connectivity index (χ1) is 15.4. The number of esters is 1. The largest absolute Gasteiger partial charge is 0.459 e. The summed E-state index contributed by atoms with van der Waals surface area (Å²) in [5.41, 5.74) is 3.84. The van der Waals surface area contributed by atoms with Crippen LogP contribution in [0.5, 0.6) is 0 Å². The van der Waals surface area contributed by atoms with E-state index in [9.17, 15) is 4.79 Å². The molecule has 0 aromatic heterocycles. The van der Waals surface area contributed by atoms with E-state index in [1.54, 1.807) is 6.34 Å². The lowest BCUT2D eigenvalue weighted by Crippen LogP contribution is -2.54. The van der Waals surface area contributed by atoms with Gasteiger partial charge in [-0.3, -0.25) is 0 Å². The van der Waals surface area contributed by atoms with Crippen molar-refractivity contribution in [2.75, 3.05) is 10.6 Å². The van der Waals surface area contributed by atoms with Crippen LogP contribution in [0.15, 0.2) is 30.0 Å². The Balaban J connectivity index is 1.43. The molecule has 4 fully saturated rings. The summed E-state index contributed by atoms with van der Waals surface area (Å²) in [7, 11) is 0. The van der Waals surface area contributed by atoms with Gasteiger partial charge in [0, 0.05) is 5.54 Å². The van der Waals surface area contributed by atoms with Crippen molar-refractivity contribution < 1.29 is 9.53 Å². The van der Waals surface area contributed by atoms with Crippen molar-refractivity contribution in [3.05, 3.63) is 35.5 Å². The van der Waals surface area contributed by atoms with Gasteiger partial charge in [0.25, 0.3) is 0 Å². The molecule has 1 unspecified atom stereocenters. The summed E-state index contributed by atoms with van der Waals surface area (Å²) in [4.78, 5) is 12.6. The van der Waals surface area contributed by atoms with E-state index < -0.39 is 0 Å². The molecular weight excluding hydrogens is 400 g/mol. The maximum absolute atomic E-state index is 12.6. The number of rotatable bonds is 7. The van der Waals surface area contributed by atoms with Crippen LogP contribution in [0, 0.1) is 17.8 Å². The molecule has 6 nitrogen and oxygen atoms in total. The summed E-state index contributed by atoms with van der Waals surface area (Å²) in [6.07, 6.45) is 13.4. The quantitative estimate of drug-likeness (QED) is 0.444. The van der Waals surface area contributed by atoms with E-state index in [4.69, 9.17) is 4.74 Å². The zero-order valence-electron chi connectivity index (χ0n) is 19.4. The topological polar surface area (TPSA) is 76.5 Å². The highest BCUT2D eigenvalue weighted by atomic mass is 16.5. The van der Waals surface area contributed by atoms with Gasteiger partial charge < -0.3 is 15.4 Å². The van der Waals surface area contributed by atoms with E-state index in [0.29, 0.717) is 5.56 Å². The second-order valence-corrected chi connectivity index (χ2v) is 10.6. The van der Waals surface area contributed by atoms with Crippen molar-refractivity contribution in [3.8, 4) is 0 Å². The summed E-state index contributed by atoms with van der Waals surface area (Å²) in [5, 5.41) is 10.7. The molecule has 4 saturated carbocycles. The fourth-order valence-corrected chi connectivity index (χ4v) is 6.62. The third-order valence-electron chi connectivity index (χ3n) is 7.53. The lowest BCUT2D eigenvalue weighted by Gasteiger charge is -2.57. The average molecular weight is 436 g/mol. The third kappa shape index (κ3) is 4.29. The average Bonchev–Trinajstić information content (AvgIpc) is 2.74. The fourth-order valence-electron chi connectivity index (χ4n) is 6.62. The Bertz CT molecular complexity index is 954. The maximum atomic E-state index is 12.6. The van der Waals surface area contributed by atoms with Crippen LogP contribution >= 0.6 is 0 Å². The number of carbonyl (C=O) groups is 1. The minimum Gasteiger partial charge on any atom is -0.459 e. The molecule has 5 aliphatic rings. The van der Waals surface area contributed by atoms with E-state index in [1.165, 1.54) is 38.5 Å². The smallest absolute Gasteiger partial charge is 0.338 e. The molecule has 6 heteroatoms. The van der Waals surface area contributed by atoms with Crippen molar-refractivity contribution in [2.24, 2.45) is 17.8 Å². The molecule has 3 N–H and O–H groups in total. The second-order valence-electron chi connectivity index (χ2n) is 10.6. The standard InChI is InChI=1S/C26H34N4O2/c1-16(2)32-25(31)21-4-5-23(24(9-21)29-17(3)22-13-27-15-28-14-22)30-26-10-18-6-19(11-26)8-20(7-18)12-26/h4-5,9,13-20,29H,6-8,10-12H2,1-3H3,(H,30,31)/p+1. The molecule has 1 atom stereocenters. The van der Waals surface area contributed by atoms with E-state index in [1.807, 2.05) is 38.4 Å².